The van der Waals surface area contributed by atoms with Crippen molar-refractivity contribution in [2.24, 2.45) is 5.41 Å². The molecule has 2 heterocycles. The summed E-state index contributed by atoms with van der Waals surface area (Å²) in [6.45, 7) is 6.57. The predicted octanol–water partition coefficient (Wildman–Crippen LogP) is 3.92. The molecule has 2 aliphatic carbocycles. The number of amides is 3. The second-order valence-electron chi connectivity index (χ2n) is 12.7. The van der Waals surface area contributed by atoms with E-state index in [-0.39, 0.29) is 34.7 Å². The SMILES string of the molecule is CC(C)(C)OC(=O)N1CC2(CC(n3ncc(C(=O)NC(Cc4ccc(OC(F)(F)F)c(Cl)c4)C(=O)NC4(C#N)CC4)n3)C2)C1. The van der Waals surface area contributed by atoms with Gasteiger partial charge in [-0.3, -0.25) is 9.59 Å². The van der Waals surface area contributed by atoms with E-state index >= 15 is 0 Å². The van der Waals surface area contributed by atoms with Crippen molar-refractivity contribution in [3.05, 3.63) is 40.7 Å². The highest BCUT2D eigenvalue weighted by molar-refractivity contribution is 6.32. The minimum absolute atomic E-state index is 0.0394. The maximum Gasteiger partial charge on any atom is 0.573 e. The predicted molar refractivity (Wildman–Crippen MR) is 147 cm³/mol. The van der Waals surface area contributed by atoms with Gasteiger partial charge in [0.15, 0.2) is 5.69 Å². The summed E-state index contributed by atoms with van der Waals surface area (Å²) in [6, 6.07) is 4.30. The lowest BCUT2D eigenvalue weighted by Gasteiger charge is -2.58. The van der Waals surface area contributed by atoms with E-state index in [1.54, 1.807) is 4.90 Å². The molecule has 12 nitrogen and oxygen atoms in total. The third kappa shape index (κ3) is 7.18. The zero-order valence-electron chi connectivity index (χ0n) is 24.2. The van der Waals surface area contributed by atoms with Crippen LogP contribution < -0.4 is 15.4 Å². The van der Waals surface area contributed by atoms with Gasteiger partial charge in [0.05, 0.1) is 23.3 Å². The fourth-order valence-corrected chi connectivity index (χ4v) is 5.65. The summed E-state index contributed by atoms with van der Waals surface area (Å²) in [4.78, 5) is 41.6. The lowest BCUT2D eigenvalue weighted by atomic mass is 9.61. The number of halogens is 4. The molecule has 1 aromatic heterocycles. The quantitative estimate of drug-likeness (QED) is 0.442. The number of nitriles is 1. The first kappa shape index (κ1) is 31.4. The summed E-state index contributed by atoms with van der Waals surface area (Å²) in [5, 5.41) is 22.8. The van der Waals surface area contributed by atoms with Gasteiger partial charge in [0.1, 0.15) is 22.9 Å². The maximum absolute atomic E-state index is 13.1. The maximum atomic E-state index is 13.1. The number of hydrogen-bond acceptors (Lipinski definition) is 8. The van der Waals surface area contributed by atoms with Gasteiger partial charge in [-0.1, -0.05) is 17.7 Å². The summed E-state index contributed by atoms with van der Waals surface area (Å²) in [5.41, 5.74) is -1.33. The molecule has 0 bridgehead atoms. The first-order valence-electron chi connectivity index (χ1n) is 14.0. The van der Waals surface area contributed by atoms with E-state index in [2.05, 4.69) is 25.6 Å². The molecule has 2 N–H and O–H groups in total. The molecule has 1 unspecified atom stereocenters. The third-order valence-corrected chi connectivity index (χ3v) is 8.01. The van der Waals surface area contributed by atoms with Crippen LogP contribution in [0.15, 0.2) is 24.4 Å². The van der Waals surface area contributed by atoms with Gasteiger partial charge in [0.2, 0.25) is 5.91 Å². The molecule has 2 saturated carbocycles. The van der Waals surface area contributed by atoms with Crippen molar-refractivity contribution in [1.29, 1.82) is 5.26 Å². The zero-order chi connectivity index (χ0) is 32.1. The standard InChI is InChI=1S/C28H31ClF3N7O5/c1-25(2,3)44-24(42)38-14-26(15-38)10-17(11-26)39-34-12-20(37-39)22(40)35-19(23(41)36-27(13-33)6-7-27)9-16-4-5-21(18(29)8-16)43-28(30,31)32/h4-5,8,12,17,19H,6-7,9-11,14-15H2,1-3H3,(H,35,40)(H,36,41). The molecule has 5 rings (SSSR count). The number of nitrogens with zero attached hydrogens (tertiary/aromatic N) is 5. The number of nitrogens with one attached hydrogen (secondary N) is 2. The molecule has 0 radical (unpaired) electrons. The Balaban J connectivity index is 1.21. The molecule has 3 amide bonds. The Morgan fingerprint density at radius 2 is 1.89 bits per heavy atom. The molecule has 1 atom stereocenters. The van der Waals surface area contributed by atoms with Crippen LogP contribution in [0.2, 0.25) is 5.02 Å². The van der Waals surface area contributed by atoms with Crippen molar-refractivity contribution in [2.75, 3.05) is 13.1 Å². The van der Waals surface area contributed by atoms with Gasteiger partial charge in [-0.05, 0) is 64.2 Å². The van der Waals surface area contributed by atoms with Gasteiger partial charge in [0, 0.05) is 24.9 Å². The van der Waals surface area contributed by atoms with E-state index in [1.165, 1.54) is 23.1 Å². The van der Waals surface area contributed by atoms with E-state index < -0.39 is 41.1 Å². The van der Waals surface area contributed by atoms with Crippen molar-refractivity contribution < 1.29 is 37.0 Å². The summed E-state index contributed by atoms with van der Waals surface area (Å²) >= 11 is 5.97. The molecule has 2 aromatic rings. The van der Waals surface area contributed by atoms with Gasteiger partial charge < -0.3 is 25.0 Å². The number of likely N-dealkylation sites (tertiary alicyclic amines) is 1. The van der Waals surface area contributed by atoms with Crippen LogP contribution in [-0.2, 0) is 16.0 Å². The second kappa shape index (κ2) is 11.1. The van der Waals surface area contributed by atoms with E-state index in [0.717, 1.165) is 18.9 Å². The number of alkyl halides is 3. The Bertz CT molecular complexity index is 1500. The van der Waals surface area contributed by atoms with E-state index in [9.17, 15) is 32.8 Å². The van der Waals surface area contributed by atoms with Crippen molar-refractivity contribution in [3.8, 4) is 11.8 Å². The molecule has 3 fully saturated rings. The van der Waals surface area contributed by atoms with E-state index in [4.69, 9.17) is 16.3 Å². The fraction of sp³-hybridized carbons (Fsp3) is 0.571. The first-order chi connectivity index (χ1) is 20.5. The van der Waals surface area contributed by atoms with Gasteiger partial charge in [-0.25, -0.2) is 4.79 Å². The van der Waals surface area contributed by atoms with Crippen LogP contribution in [0.1, 0.15) is 68.5 Å². The topological polar surface area (TPSA) is 151 Å². The molecule has 44 heavy (non-hydrogen) atoms. The lowest BCUT2D eigenvalue weighted by molar-refractivity contribution is -0.274. The van der Waals surface area contributed by atoms with Crippen molar-refractivity contribution in [1.82, 2.24) is 30.5 Å². The summed E-state index contributed by atoms with van der Waals surface area (Å²) < 4.78 is 47.2. The molecule has 1 spiro atoms. The molecule has 16 heteroatoms. The smallest absolute Gasteiger partial charge is 0.444 e. The van der Waals surface area contributed by atoms with Crippen LogP contribution in [0.4, 0.5) is 18.0 Å². The summed E-state index contributed by atoms with van der Waals surface area (Å²) in [7, 11) is 0. The Morgan fingerprint density at radius 1 is 1.20 bits per heavy atom. The third-order valence-electron chi connectivity index (χ3n) is 7.72. The van der Waals surface area contributed by atoms with E-state index in [1.807, 2.05) is 26.8 Å². The zero-order valence-corrected chi connectivity index (χ0v) is 25.0. The first-order valence-corrected chi connectivity index (χ1v) is 14.3. The number of rotatable bonds is 8. The normalized spacial score (nSPS) is 19.2. The van der Waals surface area contributed by atoms with Gasteiger partial charge in [0.25, 0.3) is 5.91 Å². The van der Waals surface area contributed by atoms with E-state index in [0.29, 0.717) is 31.5 Å². The van der Waals surface area contributed by atoms with Gasteiger partial charge in [-0.15, -0.1) is 18.3 Å². The Hall–Kier alpha value is -4.06. The van der Waals surface area contributed by atoms with Crippen molar-refractivity contribution >= 4 is 29.5 Å². The second-order valence-corrected chi connectivity index (χ2v) is 13.1. The molecule has 1 aliphatic heterocycles. The number of ether oxygens (including phenoxy) is 2. The minimum Gasteiger partial charge on any atom is -0.444 e. The van der Waals surface area contributed by atoms with Crippen LogP contribution in [0, 0.1) is 16.7 Å². The highest BCUT2D eigenvalue weighted by Gasteiger charge is 2.55. The Morgan fingerprint density at radius 3 is 2.45 bits per heavy atom. The van der Waals surface area contributed by atoms with Crippen LogP contribution in [0.3, 0.4) is 0 Å². The largest absolute Gasteiger partial charge is 0.573 e. The van der Waals surface area contributed by atoms with Crippen LogP contribution >= 0.6 is 11.6 Å². The Labute approximate surface area is 255 Å². The summed E-state index contributed by atoms with van der Waals surface area (Å²) in [6.07, 6.45) is -1.80. The highest BCUT2D eigenvalue weighted by atomic mass is 35.5. The monoisotopic (exact) mass is 637 g/mol. The molecule has 1 saturated heterocycles. The van der Waals surface area contributed by atoms with Crippen molar-refractivity contribution in [2.45, 2.75) is 82.5 Å². The fourth-order valence-electron chi connectivity index (χ4n) is 5.40. The Kier molecular flexibility index (Phi) is 7.94. The molecular formula is C28H31ClF3N7O5. The summed E-state index contributed by atoms with van der Waals surface area (Å²) in [5.74, 6) is -1.95. The average Bonchev–Trinajstić information content (AvgIpc) is 3.45. The lowest BCUT2D eigenvalue weighted by Crippen LogP contribution is -2.64. The molecule has 3 aliphatic rings. The highest BCUT2D eigenvalue weighted by Crippen LogP contribution is 2.53. The van der Waals surface area contributed by atoms with Gasteiger partial charge >= 0.3 is 12.5 Å². The number of aromatic nitrogens is 3. The number of hydrogen-bond donors (Lipinski definition) is 2. The molecular weight excluding hydrogens is 607 g/mol. The number of carbonyl (C=O) groups is 3. The van der Waals surface area contributed by atoms with Gasteiger partial charge in [-0.2, -0.15) is 15.2 Å². The molecule has 1 aromatic carbocycles. The van der Waals surface area contributed by atoms with Crippen LogP contribution in [0.5, 0.6) is 5.75 Å². The number of carbonyl (C=O) groups excluding carboxylic acids is 3. The number of benzene rings is 1. The van der Waals surface area contributed by atoms with Crippen LogP contribution in [0.25, 0.3) is 0 Å². The average molecular weight is 638 g/mol. The van der Waals surface area contributed by atoms with Crippen molar-refractivity contribution in [3.63, 3.8) is 0 Å². The minimum atomic E-state index is -4.94. The van der Waals surface area contributed by atoms with Crippen LogP contribution in [-0.4, -0.2) is 74.4 Å². The molecule has 236 valence electrons.